The number of aryl methyl sites for hydroxylation is 2. The van der Waals surface area contributed by atoms with Gasteiger partial charge in [-0.1, -0.05) is 19.1 Å². The lowest BCUT2D eigenvalue weighted by atomic mass is 10.0. The van der Waals surface area contributed by atoms with Crippen LogP contribution in [0.2, 0.25) is 0 Å². The average molecular weight is 287 g/mol. The molecule has 0 spiro atoms. The van der Waals surface area contributed by atoms with E-state index in [4.69, 9.17) is 10.5 Å². The Labute approximate surface area is 126 Å². The maximum absolute atomic E-state index is 6.36. The third kappa shape index (κ3) is 4.08. The molecule has 1 aromatic carbocycles. The highest BCUT2D eigenvalue weighted by Gasteiger charge is 2.12. The Bertz CT molecular complexity index is 577. The van der Waals surface area contributed by atoms with Crippen LogP contribution in [0.1, 0.15) is 43.3 Å². The summed E-state index contributed by atoms with van der Waals surface area (Å²) >= 11 is 0. The van der Waals surface area contributed by atoms with E-state index in [1.165, 1.54) is 5.69 Å². The van der Waals surface area contributed by atoms with Crippen molar-refractivity contribution in [3.05, 3.63) is 47.3 Å². The van der Waals surface area contributed by atoms with E-state index >= 15 is 0 Å². The number of benzene rings is 1. The van der Waals surface area contributed by atoms with E-state index in [1.54, 1.807) is 0 Å². The summed E-state index contributed by atoms with van der Waals surface area (Å²) in [6.45, 7) is 7.82. The van der Waals surface area contributed by atoms with E-state index in [2.05, 4.69) is 31.1 Å². The lowest BCUT2D eigenvalue weighted by molar-refractivity contribution is 0.317. The molecule has 0 aliphatic rings. The summed E-state index contributed by atoms with van der Waals surface area (Å²) in [7, 11) is 0. The predicted molar refractivity (Wildman–Crippen MR) is 85.5 cm³/mol. The van der Waals surface area contributed by atoms with Crippen molar-refractivity contribution in [1.29, 1.82) is 0 Å². The summed E-state index contributed by atoms with van der Waals surface area (Å²) in [5.41, 5.74) is 9.69. The van der Waals surface area contributed by atoms with E-state index in [0.717, 1.165) is 43.0 Å². The number of aromatic nitrogens is 2. The van der Waals surface area contributed by atoms with Gasteiger partial charge < -0.3 is 10.5 Å². The van der Waals surface area contributed by atoms with Crippen molar-refractivity contribution in [2.75, 3.05) is 6.61 Å². The van der Waals surface area contributed by atoms with Gasteiger partial charge in [-0.2, -0.15) is 5.10 Å². The minimum atomic E-state index is -0.0448. The normalized spacial score (nSPS) is 12.4. The first kappa shape index (κ1) is 15.6. The SMILES string of the molecule is CCCOc1cccc(C(N)Cc2cc(C)nn2CC)c1. The summed E-state index contributed by atoms with van der Waals surface area (Å²) in [6.07, 6.45) is 1.79. The van der Waals surface area contributed by atoms with Crippen molar-refractivity contribution in [2.24, 2.45) is 5.73 Å². The highest BCUT2D eigenvalue weighted by molar-refractivity contribution is 5.31. The molecule has 0 bridgehead atoms. The molecule has 0 aliphatic heterocycles. The van der Waals surface area contributed by atoms with Crippen LogP contribution in [-0.2, 0) is 13.0 Å². The van der Waals surface area contributed by atoms with Crippen LogP contribution in [-0.4, -0.2) is 16.4 Å². The Morgan fingerprint density at radius 1 is 1.29 bits per heavy atom. The van der Waals surface area contributed by atoms with Crippen molar-refractivity contribution in [1.82, 2.24) is 9.78 Å². The summed E-state index contributed by atoms with van der Waals surface area (Å²) in [4.78, 5) is 0. The van der Waals surface area contributed by atoms with Gasteiger partial charge in [-0.25, -0.2) is 0 Å². The molecule has 4 nitrogen and oxygen atoms in total. The summed E-state index contributed by atoms with van der Waals surface area (Å²) < 4.78 is 7.69. The highest BCUT2D eigenvalue weighted by atomic mass is 16.5. The molecule has 0 amide bonds. The van der Waals surface area contributed by atoms with Crippen LogP contribution in [0, 0.1) is 6.92 Å². The number of nitrogens with zero attached hydrogens (tertiary/aromatic N) is 2. The molecule has 2 aromatic rings. The Balaban J connectivity index is 2.10. The maximum Gasteiger partial charge on any atom is 0.119 e. The van der Waals surface area contributed by atoms with Crippen LogP contribution in [0.3, 0.4) is 0 Å². The van der Waals surface area contributed by atoms with Crippen molar-refractivity contribution in [2.45, 2.75) is 46.2 Å². The van der Waals surface area contributed by atoms with Gasteiger partial charge >= 0.3 is 0 Å². The van der Waals surface area contributed by atoms with E-state index < -0.39 is 0 Å². The van der Waals surface area contributed by atoms with Crippen molar-refractivity contribution in [3.8, 4) is 5.75 Å². The molecule has 21 heavy (non-hydrogen) atoms. The van der Waals surface area contributed by atoms with Crippen LogP contribution >= 0.6 is 0 Å². The second-order valence-corrected chi connectivity index (χ2v) is 5.32. The van der Waals surface area contributed by atoms with Gasteiger partial charge in [-0.05, 0) is 44.0 Å². The number of ether oxygens (including phenoxy) is 1. The number of hydrogen-bond donors (Lipinski definition) is 1. The third-order valence-electron chi connectivity index (χ3n) is 3.47. The van der Waals surface area contributed by atoms with Gasteiger partial charge in [0.05, 0.1) is 12.3 Å². The number of rotatable bonds is 7. The van der Waals surface area contributed by atoms with Gasteiger partial charge in [0.15, 0.2) is 0 Å². The van der Waals surface area contributed by atoms with Crippen LogP contribution in [0.4, 0.5) is 0 Å². The van der Waals surface area contributed by atoms with Crippen LogP contribution in [0.5, 0.6) is 5.75 Å². The largest absolute Gasteiger partial charge is 0.494 e. The molecule has 0 radical (unpaired) electrons. The number of hydrogen-bond acceptors (Lipinski definition) is 3. The molecule has 4 heteroatoms. The zero-order valence-electron chi connectivity index (χ0n) is 13.2. The molecule has 1 heterocycles. The summed E-state index contributed by atoms with van der Waals surface area (Å²) in [6, 6.07) is 10.1. The predicted octanol–water partition coefficient (Wildman–Crippen LogP) is 3.24. The van der Waals surface area contributed by atoms with Gasteiger partial charge in [0, 0.05) is 24.7 Å². The van der Waals surface area contributed by atoms with Crippen LogP contribution in [0.15, 0.2) is 30.3 Å². The summed E-state index contributed by atoms with van der Waals surface area (Å²) in [5.74, 6) is 0.893. The lowest BCUT2D eigenvalue weighted by Crippen LogP contribution is -2.16. The zero-order chi connectivity index (χ0) is 15.2. The second kappa shape index (κ2) is 7.27. The molecule has 0 saturated carbocycles. The van der Waals surface area contributed by atoms with Gasteiger partial charge in [0.1, 0.15) is 5.75 Å². The van der Waals surface area contributed by atoms with Crippen molar-refractivity contribution >= 4 is 0 Å². The van der Waals surface area contributed by atoms with Gasteiger partial charge in [0.25, 0.3) is 0 Å². The molecule has 1 aromatic heterocycles. The fourth-order valence-corrected chi connectivity index (χ4v) is 2.44. The molecular formula is C17H25N3O. The Morgan fingerprint density at radius 3 is 2.81 bits per heavy atom. The van der Waals surface area contributed by atoms with Crippen LogP contribution < -0.4 is 10.5 Å². The lowest BCUT2D eigenvalue weighted by Gasteiger charge is -2.14. The van der Waals surface area contributed by atoms with E-state index in [0.29, 0.717) is 0 Å². The minimum Gasteiger partial charge on any atom is -0.494 e. The second-order valence-electron chi connectivity index (χ2n) is 5.32. The first-order valence-corrected chi connectivity index (χ1v) is 7.65. The molecular weight excluding hydrogens is 262 g/mol. The first-order chi connectivity index (χ1) is 10.1. The molecule has 1 atom stereocenters. The van der Waals surface area contributed by atoms with E-state index in [1.807, 2.05) is 29.8 Å². The fourth-order valence-electron chi connectivity index (χ4n) is 2.44. The molecule has 0 saturated heterocycles. The Kier molecular flexibility index (Phi) is 5.39. The fraction of sp³-hybridized carbons (Fsp3) is 0.471. The zero-order valence-corrected chi connectivity index (χ0v) is 13.2. The standard InChI is InChI=1S/C17H25N3O/c1-4-9-21-16-8-6-7-14(11-16)17(18)12-15-10-13(3)19-20(15)5-2/h6-8,10-11,17H,4-5,9,12,18H2,1-3H3. The molecule has 0 fully saturated rings. The van der Waals surface area contributed by atoms with E-state index in [-0.39, 0.29) is 6.04 Å². The third-order valence-corrected chi connectivity index (χ3v) is 3.47. The minimum absolute atomic E-state index is 0.0448. The number of nitrogens with two attached hydrogens (primary N) is 1. The smallest absolute Gasteiger partial charge is 0.119 e. The van der Waals surface area contributed by atoms with Gasteiger partial charge in [-0.15, -0.1) is 0 Å². The molecule has 2 rings (SSSR count). The highest BCUT2D eigenvalue weighted by Crippen LogP contribution is 2.21. The molecule has 1 unspecified atom stereocenters. The maximum atomic E-state index is 6.36. The molecule has 114 valence electrons. The van der Waals surface area contributed by atoms with Crippen molar-refractivity contribution in [3.63, 3.8) is 0 Å². The first-order valence-electron chi connectivity index (χ1n) is 7.65. The van der Waals surface area contributed by atoms with Crippen molar-refractivity contribution < 1.29 is 4.74 Å². The quantitative estimate of drug-likeness (QED) is 0.850. The summed E-state index contributed by atoms with van der Waals surface area (Å²) in [5, 5.41) is 4.47. The molecule has 0 aliphatic carbocycles. The van der Waals surface area contributed by atoms with Gasteiger partial charge in [-0.3, -0.25) is 4.68 Å². The Morgan fingerprint density at radius 2 is 2.10 bits per heavy atom. The van der Waals surface area contributed by atoms with Gasteiger partial charge in [0.2, 0.25) is 0 Å². The molecule has 2 N–H and O–H groups in total. The average Bonchev–Trinajstić information content (AvgIpc) is 2.85. The van der Waals surface area contributed by atoms with Crippen LogP contribution in [0.25, 0.3) is 0 Å². The monoisotopic (exact) mass is 287 g/mol. The Hall–Kier alpha value is -1.81. The van der Waals surface area contributed by atoms with E-state index in [9.17, 15) is 0 Å². The topological polar surface area (TPSA) is 53.1 Å².